The Labute approximate surface area is 120 Å². The number of rotatable bonds is 2. The van der Waals surface area contributed by atoms with Crippen molar-refractivity contribution < 1.29 is 4.79 Å². The molecule has 20 heavy (non-hydrogen) atoms. The fourth-order valence-electron chi connectivity index (χ4n) is 2.54. The van der Waals surface area contributed by atoms with Gasteiger partial charge < -0.3 is 15.1 Å². The highest BCUT2D eigenvalue weighted by atomic mass is 16.1. The molecule has 1 atom stereocenters. The number of benzene rings is 1. The predicted octanol–water partition coefficient (Wildman–Crippen LogP) is 1.59. The average molecular weight is 274 g/mol. The zero-order valence-electron chi connectivity index (χ0n) is 12.6. The molecule has 5 heteroatoms. The highest BCUT2D eigenvalue weighted by Gasteiger charge is 2.24. The first-order valence-corrected chi connectivity index (χ1v) is 6.77. The lowest BCUT2D eigenvalue weighted by Gasteiger charge is -2.26. The van der Waals surface area contributed by atoms with E-state index in [4.69, 9.17) is 0 Å². The second kappa shape index (κ2) is 5.94. The summed E-state index contributed by atoms with van der Waals surface area (Å²) in [6, 6.07) is 7.96. The molecule has 1 aliphatic rings. The average Bonchev–Trinajstić information content (AvgIpc) is 2.37. The van der Waals surface area contributed by atoms with Crippen molar-refractivity contribution in [2.24, 2.45) is 4.99 Å². The van der Waals surface area contributed by atoms with Crippen LogP contribution in [0.3, 0.4) is 0 Å². The van der Waals surface area contributed by atoms with Crippen molar-refractivity contribution in [1.29, 1.82) is 0 Å². The summed E-state index contributed by atoms with van der Waals surface area (Å²) in [4.78, 5) is 20.4. The number of guanidine groups is 1. The van der Waals surface area contributed by atoms with Gasteiger partial charge in [-0.05, 0) is 11.6 Å². The van der Waals surface area contributed by atoms with Gasteiger partial charge in [0.1, 0.15) is 0 Å². The summed E-state index contributed by atoms with van der Waals surface area (Å²) in [6.07, 6.45) is 0.495. The Morgan fingerprint density at radius 2 is 1.90 bits per heavy atom. The number of aliphatic imine (C=N–C) groups is 1. The maximum absolute atomic E-state index is 11.8. The normalized spacial score (nSPS) is 17.0. The number of amides is 1. The van der Waals surface area contributed by atoms with Crippen molar-refractivity contribution in [1.82, 2.24) is 9.80 Å². The lowest BCUT2D eigenvalue weighted by atomic mass is 9.91. The summed E-state index contributed by atoms with van der Waals surface area (Å²) in [5.41, 5.74) is 2.09. The van der Waals surface area contributed by atoms with Crippen molar-refractivity contribution in [3.05, 3.63) is 29.8 Å². The summed E-state index contributed by atoms with van der Waals surface area (Å²) in [7, 11) is 7.89. The molecule has 1 aliphatic heterocycles. The second-order valence-corrected chi connectivity index (χ2v) is 5.47. The van der Waals surface area contributed by atoms with E-state index in [9.17, 15) is 4.79 Å². The Bertz CT molecular complexity index is 512. The van der Waals surface area contributed by atoms with Gasteiger partial charge >= 0.3 is 0 Å². The number of carbonyl (C=O) groups excluding carboxylic acids is 1. The third-order valence-electron chi connectivity index (χ3n) is 3.36. The summed E-state index contributed by atoms with van der Waals surface area (Å²) in [5.74, 6) is 1.13. The molecule has 0 saturated heterocycles. The highest BCUT2D eigenvalue weighted by molar-refractivity contribution is 5.94. The van der Waals surface area contributed by atoms with Crippen LogP contribution in [0.15, 0.2) is 29.3 Å². The van der Waals surface area contributed by atoms with Crippen LogP contribution in [-0.4, -0.2) is 56.4 Å². The molecule has 0 spiro atoms. The van der Waals surface area contributed by atoms with Crippen LogP contribution in [0.25, 0.3) is 0 Å². The summed E-state index contributed by atoms with van der Waals surface area (Å²) < 4.78 is 0. The van der Waals surface area contributed by atoms with E-state index >= 15 is 0 Å². The number of anilines is 1. The Kier molecular flexibility index (Phi) is 4.27. The van der Waals surface area contributed by atoms with Crippen molar-refractivity contribution in [3.8, 4) is 0 Å². The molecule has 0 bridgehead atoms. The molecule has 0 aliphatic carbocycles. The number of nitrogens with zero attached hydrogens (tertiary/aromatic N) is 3. The summed E-state index contributed by atoms with van der Waals surface area (Å²) in [6.45, 7) is 0.621. The van der Waals surface area contributed by atoms with Gasteiger partial charge in [0.15, 0.2) is 5.96 Å². The number of para-hydroxylation sites is 1. The van der Waals surface area contributed by atoms with Gasteiger partial charge in [-0.2, -0.15) is 0 Å². The van der Waals surface area contributed by atoms with Gasteiger partial charge in [-0.3, -0.25) is 9.79 Å². The molecule has 1 aromatic rings. The number of hydrogen-bond donors (Lipinski definition) is 1. The Hall–Kier alpha value is -2.04. The van der Waals surface area contributed by atoms with Crippen LogP contribution in [-0.2, 0) is 4.79 Å². The van der Waals surface area contributed by atoms with Crippen molar-refractivity contribution in [3.63, 3.8) is 0 Å². The van der Waals surface area contributed by atoms with Gasteiger partial charge in [0.05, 0.1) is 6.54 Å². The zero-order valence-corrected chi connectivity index (χ0v) is 12.6. The molecule has 0 aromatic heterocycles. The molecule has 0 saturated carbocycles. The first-order valence-electron chi connectivity index (χ1n) is 6.77. The lowest BCUT2D eigenvalue weighted by molar-refractivity contribution is -0.116. The molecule has 0 radical (unpaired) electrons. The Morgan fingerprint density at radius 3 is 2.55 bits per heavy atom. The van der Waals surface area contributed by atoms with Crippen LogP contribution in [0.2, 0.25) is 0 Å². The molecule has 1 N–H and O–H groups in total. The standard InChI is InChI=1S/C15H22N4O/c1-18(2)15(19(3)4)16-10-11-9-14(20)17-13-8-6-5-7-12(11)13/h5-8,11H,9-10H2,1-4H3,(H,17,20)/t11-/m0/s1. The van der Waals surface area contributed by atoms with Crippen molar-refractivity contribution >= 4 is 17.6 Å². The summed E-state index contributed by atoms with van der Waals surface area (Å²) in [5, 5.41) is 2.91. The maximum Gasteiger partial charge on any atom is 0.225 e. The van der Waals surface area contributed by atoms with Gasteiger partial charge in [0.25, 0.3) is 0 Å². The predicted molar refractivity (Wildman–Crippen MR) is 82.1 cm³/mol. The SMILES string of the molecule is CN(C)C(=NC[C@@H]1CC(=O)Nc2ccccc21)N(C)C. The van der Waals surface area contributed by atoms with Gasteiger partial charge in [-0.15, -0.1) is 0 Å². The molecule has 1 heterocycles. The van der Waals surface area contributed by atoms with Gasteiger partial charge in [-0.25, -0.2) is 0 Å². The Balaban J connectivity index is 2.22. The lowest BCUT2D eigenvalue weighted by Crippen LogP contribution is -2.36. The molecular weight excluding hydrogens is 252 g/mol. The van der Waals surface area contributed by atoms with Crippen LogP contribution in [0.5, 0.6) is 0 Å². The topological polar surface area (TPSA) is 47.9 Å². The van der Waals surface area contributed by atoms with Gasteiger partial charge in [0, 0.05) is 46.2 Å². The van der Waals surface area contributed by atoms with Gasteiger partial charge in [0.2, 0.25) is 5.91 Å². The third kappa shape index (κ3) is 3.10. The first-order chi connectivity index (χ1) is 9.49. The number of fused-ring (bicyclic) bond motifs is 1. The first kappa shape index (κ1) is 14.4. The fourth-order valence-corrected chi connectivity index (χ4v) is 2.54. The number of carbonyl (C=O) groups is 1. The molecule has 108 valence electrons. The maximum atomic E-state index is 11.8. The van der Waals surface area contributed by atoms with Crippen molar-refractivity contribution in [2.75, 3.05) is 40.1 Å². The monoisotopic (exact) mass is 274 g/mol. The smallest absolute Gasteiger partial charge is 0.225 e. The molecule has 0 unspecified atom stereocenters. The minimum absolute atomic E-state index is 0.0696. The molecule has 5 nitrogen and oxygen atoms in total. The molecule has 2 rings (SSSR count). The largest absolute Gasteiger partial charge is 0.349 e. The van der Waals surface area contributed by atoms with E-state index in [1.54, 1.807) is 0 Å². The second-order valence-electron chi connectivity index (χ2n) is 5.47. The number of hydrogen-bond acceptors (Lipinski definition) is 2. The molecule has 1 amide bonds. The number of nitrogens with one attached hydrogen (secondary N) is 1. The van der Waals surface area contributed by atoms with E-state index in [0.717, 1.165) is 11.6 Å². The minimum Gasteiger partial charge on any atom is -0.349 e. The minimum atomic E-state index is 0.0696. The van der Waals surface area contributed by atoms with E-state index in [-0.39, 0.29) is 11.8 Å². The van der Waals surface area contributed by atoms with Crippen LogP contribution in [0.4, 0.5) is 5.69 Å². The summed E-state index contributed by atoms with van der Waals surface area (Å²) >= 11 is 0. The molecule has 1 aromatic carbocycles. The van der Waals surface area contributed by atoms with E-state index in [1.807, 2.05) is 56.2 Å². The van der Waals surface area contributed by atoms with Crippen molar-refractivity contribution in [2.45, 2.75) is 12.3 Å². The highest BCUT2D eigenvalue weighted by Crippen LogP contribution is 2.32. The molecular formula is C15H22N4O. The zero-order chi connectivity index (χ0) is 14.7. The van der Waals surface area contributed by atoms with Crippen LogP contribution in [0.1, 0.15) is 17.9 Å². The fraction of sp³-hybridized carbons (Fsp3) is 0.467. The Morgan fingerprint density at radius 1 is 1.25 bits per heavy atom. The third-order valence-corrected chi connectivity index (χ3v) is 3.36. The quantitative estimate of drug-likeness (QED) is 0.658. The van der Waals surface area contributed by atoms with E-state index < -0.39 is 0 Å². The van der Waals surface area contributed by atoms with Crippen LogP contribution < -0.4 is 5.32 Å². The van der Waals surface area contributed by atoms with Crippen LogP contribution in [0, 0.1) is 0 Å². The van der Waals surface area contributed by atoms with E-state index in [1.165, 1.54) is 5.56 Å². The van der Waals surface area contributed by atoms with Crippen LogP contribution >= 0.6 is 0 Å². The molecule has 0 fully saturated rings. The van der Waals surface area contributed by atoms with E-state index in [0.29, 0.717) is 13.0 Å². The van der Waals surface area contributed by atoms with E-state index in [2.05, 4.69) is 16.4 Å². The van der Waals surface area contributed by atoms with Gasteiger partial charge in [-0.1, -0.05) is 18.2 Å².